The Labute approximate surface area is 171 Å². The Kier molecular flexibility index (Phi) is 6.51. The van der Waals surface area contributed by atoms with E-state index in [1.54, 1.807) is 25.2 Å². The molecule has 1 aromatic heterocycles. The lowest BCUT2D eigenvalue weighted by Crippen LogP contribution is -2.46. The summed E-state index contributed by atoms with van der Waals surface area (Å²) in [6.07, 6.45) is 5.34. The van der Waals surface area contributed by atoms with Gasteiger partial charge in [0.2, 0.25) is 5.95 Å². The average Bonchev–Trinajstić information content (AvgIpc) is 2.70. The lowest BCUT2D eigenvalue weighted by Gasteiger charge is -2.31. The van der Waals surface area contributed by atoms with Crippen LogP contribution >= 0.6 is 0 Å². The summed E-state index contributed by atoms with van der Waals surface area (Å²) in [6.45, 7) is 1.99. The largest absolute Gasteiger partial charge is 0.362 e. The van der Waals surface area contributed by atoms with Crippen LogP contribution in [0.2, 0.25) is 0 Å². The SMILES string of the molecule is Cc1cnc(NC2CCC(NC(=O)N(C)c3ccccc3F)CC2)nc1N(C)C. The van der Waals surface area contributed by atoms with E-state index >= 15 is 0 Å². The van der Waals surface area contributed by atoms with Crippen LogP contribution in [0.1, 0.15) is 31.2 Å². The van der Waals surface area contributed by atoms with E-state index in [0.29, 0.717) is 5.95 Å². The van der Waals surface area contributed by atoms with Crippen molar-refractivity contribution < 1.29 is 9.18 Å². The molecule has 7 nitrogen and oxygen atoms in total. The van der Waals surface area contributed by atoms with Gasteiger partial charge in [-0.1, -0.05) is 12.1 Å². The number of nitrogens with one attached hydrogen (secondary N) is 2. The van der Waals surface area contributed by atoms with Gasteiger partial charge in [0.15, 0.2) is 0 Å². The van der Waals surface area contributed by atoms with Gasteiger partial charge in [0.05, 0.1) is 5.69 Å². The van der Waals surface area contributed by atoms with Gasteiger partial charge in [-0.05, 0) is 44.7 Å². The Morgan fingerprint density at radius 2 is 1.76 bits per heavy atom. The second kappa shape index (κ2) is 9.07. The van der Waals surface area contributed by atoms with E-state index in [4.69, 9.17) is 0 Å². The summed E-state index contributed by atoms with van der Waals surface area (Å²) < 4.78 is 13.9. The molecule has 1 heterocycles. The van der Waals surface area contributed by atoms with Gasteiger partial charge in [-0.15, -0.1) is 0 Å². The first-order valence-electron chi connectivity index (χ1n) is 9.91. The number of rotatable bonds is 5. The number of hydrogen-bond donors (Lipinski definition) is 2. The number of anilines is 3. The fraction of sp³-hybridized carbons (Fsp3) is 0.476. The predicted octanol–water partition coefficient (Wildman–Crippen LogP) is 3.56. The first kappa shape index (κ1) is 20.8. The van der Waals surface area contributed by atoms with Crippen LogP contribution < -0.4 is 20.4 Å². The van der Waals surface area contributed by atoms with Crippen molar-refractivity contribution in [2.75, 3.05) is 36.3 Å². The normalized spacial score (nSPS) is 18.8. The number of halogens is 1. The molecule has 29 heavy (non-hydrogen) atoms. The molecule has 2 aromatic rings. The maximum Gasteiger partial charge on any atom is 0.321 e. The van der Waals surface area contributed by atoms with Gasteiger partial charge in [-0.3, -0.25) is 4.90 Å². The minimum absolute atomic E-state index is 0.0750. The smallest absolute Gasteiger partial charge is 0.321 e. The molecule has 1 aliphatic rings. The van der Waals surface area contributed by atoms with Gasteiger partial charge in [-0.25, -0.2) is 14.2 Å². The molecule has 0 spiro atoms. The first-order chi connectivity index (χ1) is 13.8. The molecule has 156 valence electrons. The molecule has 2 amide bonds. The maximum atomic E-state index is 13.9. The number of carbonyl (C=O) groups excluding carboxylic acids is 1. The van der Waals surface area contributed by atoms with Gasteiger partial charge in [0.25, 0.3) is 0 Å². The summed E-state index contributed by atoms with van der Waals surface area (Å²) >= 11 is 0. The van der Waals surface area contributed by atoms with E-state index in [2.05, 4.69) is 20.6 Å². The Morgan fingerprint density at radius 3 is 2.41 bits per heavy atom. The van der Waals surface area contributed by atoms with Crippen LogP contribution in [-0.4, -0.2) is 49.2 Å². The zero-order valence-corrected chi connectivity index (χ0v) is 17.4. The number of hydrogen-bond acceptors (Lipinski definition) is 5. The molecule has 1 aliphatic carbocycles. The highest BCUT2D eigenvalue weighted by Gasteiger charge is 2.25. The standard InChI is InChI=1S/C21H29FN6O/c1-14-13-23-20(26-19(14)27(2)3)24-15-9-11-16(12-10-15)25-21(29)28(4)18-8-6-5-7-17(18)22/h5-8,13,15-16H,9-12H2,1-4H3,(H,25,29)(H,23,24,26). The van der Waals surface area contributed by atoms with Crippen LogP contribution in [0.5, 0.6) is 0 Å². The van der Waals surface area contributed by atoms with Crippen molar-refractivity contribution >= 4 is 23.5 Å². The fourth-order valence-electron chi connectivity index (χ4n) is 3.62. The van der Waals surface area contributed by atoms with Gasteiger partial charge in [0, 0.05) is 45.0 Å². The second-order valence-corrected chi connectivity index (χ2v) is 7.75. The molecule has 0 bridgehead atoms. The summed E-state index contributed by atoms with van der Waals surface area (Å²) in [7, 11) is 5.51. The van der Waals surface area contributed by atoms with Crippen molar-refractivity contribution in [1.29, 1.82) is 0 Å². The Morgan fingerprint density at radius 1 is 1.10 bits per heavy atom. The van der Waals surface area contributed by atoms with Crippen LogP contribution in [0.3, 0.4) is 0 Å². The molecule has 1 aromatic carbocycles. The molecule has 0 atom stereocenters. The minimum Gasteiger partial charge on any atom is -0.362 e. The van der Waals surface area contributed by atoms with Crippen LogP contribution in [0.4, 0.5) is 26.6 Å². The zero-order valence-electron chi connectivity index (χ0n) is 17.4. The Balaban J connectivity index is 1.51. The number of aryl methyl sites for hydroxylation is 1. The molecule has 2 N–H and O–H groups in total. The van der Waals surface area contributed by atoms with Crippen molar-refractivity contribution in [2.24, 2.45) is 0 Å². The molecule has 8 heteroatoms. The van der Waals surface area contributed by atoms with Gasteiger partial charge in [0.1, 0.15) is 11.6 Å². The number of urea groups is 1. The topological polar surface area (TPSA) is 73.4 Å². The third-order valence-electron chi connectivity index (χ3n) is 5.28. The van der Waals surface area contributed by atoms with E-state index in [1.807, 2.05) is 32.1 Å². The van der Waals surface area contributed by atoms with E-state index in [-0.39, 0.29) is 23.8 Å². The van der Waals surface area contributed by atoms with E-state index < -0.39 is 5.82 Å². The molecule has 0 saturated heterocycles. The molecular formula is C21H29FN6O. The number of nitrogens with zero attached hydrogens (tertiary/aromatic N) is 4. The first-order valence-corrected chi connectivity index (χ1v) is 9.91. The molecule has 0 unspecified atom stereocenters. The number of benzene rings is 1. The Hall–Kier alpha value is -2.90. The lowest BCUT2D eigenvalue weighted by atomic mass is 9.91. The van der Waals surface area contributed by atoms with Gasteiger partial charge < -0.3 is 15.5 Å². The number of para-hydroxylation sites is 1. The van der Waals surface area contributed by atoms with E-state index in [0.717, 1.165) is 37.1 Å². The Bertz CT molecular complexity index is 851. The van der Waals surface area contributed by atoms with E-state index in [9.17, 15) is 9.18 Å². The molecule has 1 saturated carbocycles. The molecule has 0 radical (unpaired) electrons. The highest BCUT2D eigenvalue weighted by molar-refractivity contribution is 5.91. The average molecular weight is 401 g/mol. The highest BCUT2D eigenvalue weighted by atomic mass is 19.1. The summed E-state index contributed by atoms with van der Waals surface area (Å²) in [5.41, 5.74) is 1.31. The predicted molar refractivity (Wildman–Crippen MR) is 114 cm³/mol. The number of carbonyl (C=O) groups is 1. The summed E-state index contributed by atoms with van der Waals surface area (Å²) in [5.74, 6) is 1.12. The monoisotopic (exact) mass is 400 g/mol. The summed E-state index contributed by atoms with van der Waals surface area (Å²) in [5, 5.41) is 6.43. The van der Waals surface area contributed by atoms with Crippen LogP contribution in [0, 0.1) is 12.7 Å². The zero-order chi connectivity index (χ0) is 21.0. The van der Waals surface area contributed by atoms with Gasteiger partial charge in [-0.2, -0.15) is 4.98 Å². The van der Waals surface area contributed by atoms with E-state index in [1.165, 1.54) is 11.0 Å². The third-order valence-corrected chi connectivity index (χ3v) is 5.28. The molecule has 3 rings (SSSR count). The third kappa shape index (κ3) is 5.13. The maximum absolute atomic E-state index is 13.9. The number of amides is 2. The number of aromatic nitrogens is 2. The van der Waals surface area contributed by atoms with Crippen LogP contribution in [0.15, 0.2) is 30.5 Å². The van der Waals surface area contributed by atoms with Crippen LogP contribution in [0.25, 0.3) is 0 Å². The van der Waals surface area contributed by atoms with Crippen molar-refractivity contribution in [3.05, 3.63) is 41.8 Å². The van der Waals surface area contributed by atoms with Crippen LogP contribution in [-0.2, 0) is 0 Å². The van der Waals surface area contributed by atoms with Crippen molar-refractivity contribution in [1.82, 2.24) is 15.3 Å². The molecular weight excluding hydrogens is 371 g/mol. The van der Waals surface area contributed by atoms with Crippen molar-refractivity contribution in [2.45, 2.75) is 44.7 Å². The van der Waals surface area contributed by atoms with Crippen molar-refractivity contribution in [3.63, 3.8) is 0 Å². The minimum atomic E-state index is -0.409. The van der Waals surface area contributed by atoms with Crippen molar-refractivity contribution in [3.8, 4) is 0 Å². The molecule has 0 aliphatic heterocycles. The highest BCUT2D eigenvalue weighted by Crippen LogP contribution is 2.23. The second-order valence-electron chi connectivity index (χ2n) is 7.75. The molecule has 1 fully saturated rings. The summed E-state index contributed by atoms with van der Waals surface area (Å²) in [4.78, 5) is 24.7. The lowest BCUT2D eigenvalue weighted by molar-refractivity contribution is 0.238. The summed E-state index contributed by atoms with van der Waals surface area (Å²) in [6, 6.07) is 6.33. The van der Waals surface area contributed by atoms with Gasteiger partial charge >= 0.3 is 6.03 Å². The fourth-order valence-corrected chi connectivity index (χ4v) is 3.62. The quantitative estimate of drug-likeness (QED) is 0.803.